The standard InChI is InChI=1S/C42H32N2/c1-27-12-6-10-18-38(27)43-41(28(2)29-13-4-3-5-14-29)31-22-20-30(21-23-31)32-24-25-34-33-15-7-8-16-35(33)40-36-17-9-11-19-39(36)44-42(40)37(34)26-32/h3-26,28,40H,1-2H3/t28-,40?/m1/s1. The molecule has 8 rings (SSSR count). The third-order valence-electron chi connectivity index (χ3n) is 9.20. The molecule has 1 heterocycles. The third-order valence-corrected chi connectivity index (χ3v) is 9.20. The van der Waals surface area contributed by atoms with Crippen LogP contribution in [0.2, 0.25) is 0 Å². The predicted molar refractivity (Wildman–Crippen MR) is 184 cm³/mol. The summed E-state index contributed by atoms with van der Waals surface area (Å²) in [4.78, 5) is 10.4. The van der Waals surface area contributed by atoms with E-state index in [0.717, 1.165) is 28.4 Å². The first-order chi connectivity index (χ1) is 21.7. The van der Waals surface area contributed by atoms with Gasteiger partial charge in [0, 0.05) is 11.5 Å². The molecule has 6 aromatic rings. The molecule has 0 aromatic heterocycles. The Morgan fingerprint density at radius 2 is 1.30 bits per heavy atom. The number of aliphatic imine (C=N–C) groups is 2. The predicted octanol–water partition coefficient (Wildman–Crippen LogP) is 10.8. The molecular weight excluding hydrogens is 532 g/mol. The molecule has 2 aliphatic rings. The van der Waals surface area contributed by atoms with E-state index in [1.165, 1.54) is 50.1 Å². The molecule has 1 aliphatic heterocycles. The normalized spacial score (nSPS) is 15.5. The number of hydrogen-bond donors (Lipinski definition) is 0. The van der Waals surface area contributed by atoms with Gasteiger partial charge in [0.05, 0.1) is 28.7 Å². The molecule has 0 saturated heterocycles. The molecule has 0 amide bonds. The van der Waals surface area contributed by atoms with Crippen LogP contribution in [0.3, 0.4) is 0 Å². The van der Waals surface area contributed by atoms with E-state index in [0.29, 0.717) is 0 Å². The lowest BCUT2D eigenvalue weighted by Crippen LogP contribution is -2.18. The zero-order valence-corrected chi connectivity index (χ0v) is 24.9. The van der Waals surface area contributed by atoms with Crippen molar-refractivity contribution in [1.29, 1.82) is 0 Å². The van der Waals surface area contributed by atoms with Crippen molar-refractivity contribution >= 4 is 22.8 Å². The smallest absolute Gasteiger partial charge is 0.0675 e. The minimum absolute atomic E-state index is 0.143. The van der Waals surface area contributed by atoms with E-state index in [4.69, 9.17) is 9.98 Å². The van der Waals surface area contributed by atoms with Gasteiger partial charge < -0.3 is 0 Å². The molecule has 1 unspecified atom stereocenters. The van der Waals surface area contributed by atoms with E-state index in [9.17, 15) is 0 Å². The van der Waals surface area contributed by atoms with E-state index in [2.05, 4.69) is 159 Å². The van der Waals surface area contributed by atoms with Crippen LogP contribution >= 0.6 is 0 Å². The molecule has 2 heteroatoms. The second-order valence-corrected chi connectivity index (χ2v) is 11.8. The molecule has 6 aromatic carbocycles. The highest BCUT2D eigenvalue weighted by molar-refractivity contribution is 6.18. The first-order valence-electron chi connectivity index (χ1n) is 15.4. The van der Waals surface area contributed by atoms with Gasteiger partial charge in [-0.2, -0.15) is 0 Å². The van der Waals surface area contributed by atoms with Gasteiger partial charge in [0.25, 0.3) is 0 Å². The molecule has 0 fully saturated rings. The first kappa shape index (κ1) is 26.3. The minimum Gasteiger partial charge on any atom is -0.252 e. The maximum Gasteiger partial charge on any atom is 0.0675 e. The van der Waals surface area contributed by atoms with Gasteiger partial charge in [-0.3, -0.25) is 9.98 Å². The highest BCUT2D eigenvalue weighted by Crippen LogP contribution is 2.50. The van der Waals surface area contributed by atoms with Crippen molar-refractivity contribution < 1.29 is 0 Å². The number of fused-ring (bicyclic) bond motifs is 8. The van der Waals surface area contributed by atoms with E-state index < -0.39 is 0 Å². The van der Waals surface area contributed by atoms with Crippen LogP contribution in [0.15, 0.2) is 156 Å². The number of rotatable bonds is 5. The fourth-order valence-electron chi connectivity index (χ4n) is 6.83. The molecule has 2 nitrogen and oxygen atoms in total. The molecule has 44 heavy (non-hydrogen) atoms. The molecular formula is C42H32N2. The summed E-state index contributed by atoms with van der Waals surface area (Å²) in [6.45, 7) is 4.37. The summed E-state index contributed by atoms with van der Waals surface area (Å²) < 4.78 is 0. The molecule has 0 N–H and O–H groups in total. The molecule has 210 valence electrons. The Morgan fingerprint density at radius 3 is 2.11 bits per heavy atom. The zero-order valence-electron chi connectivity index (χ0n) is 24.9. The Labute approximate surface area is 259 Å². The number of aryl methyl sites for hydroxylation is 1. The average Bonchev–Trinajstić information content (AvgIpc) is 3.48. The van der Waals surface area contributed by atoms with Crippen LogP contribution in [0.5, 0.6) is 0 Å². The van der Waals surface area contributed by atoms with Crippen molar-refractivity contribution in [2.45, 2.75) is 25.7 Å². The topological polar surface area (TPSA) is 24.7 Å². The van der Waals surface area contributed by atoms with Crippen LogP contribution < -0.4 is 0 Å². The summed E-state index contributed by atoms with van der Waals surface area (Å²) in [6.07, 6.45) is 0. The van der Waals surface area contributed by atoms with Gasteiger partial charge in [0.2, 0.25) is 0 Å². The quantitative estimate of drug-likeness (QED) is 0.186. The van der Waals surface area contributed by atoms with Gasteiger partial charge >= 0.3 is 0 Å². The maximum atomic E-state index is 5.24. The minimum atomic E-state index is 0.143. The third kappa shape index (κ3) is 4.42. The maximum absolute atomic E-state index is 5.24. The van der Waals surface area contributed by atoms with Crippen LogP contribution in [0.1, 0.15) is 52.1 Å². The van der Waals surface area contributed by atoms with Crippen LogP contribution in [0.25, 0.3) is 22.3 Å². The van der Waals surface area contributed by atoms with Crippen molar-refractivity contribution in [2.75, 3.05) is 0 Å². The lowest BCUT2D eigenvalue weighted by Gasteiger charge is -2.27. The summed E-state index contributed by atoms with van der Waals surface area (Å²) in [6, 6.07) is 52.2. The largest absolute Gasteiger partial charge is 0.252 e. The van der Waals surface area contributed by atoms with Crippen LogP contribution in [0, 0.1) is 6.92 Å². The lowest BCUT2D eigenvalue weighted by atomic mass is 9.75. The Balaban J connectivity index is 1.20. The Morgan fingerprint density at radius 1 is 0.614 bits per heavy atom. The van der Waals surface area contributed by atoms with Crippen molar-refractivity contribution in [3.63, 3.8) is 0 Å². The summed E-state index contributed by atoms with van der Waals surface area (Å²) in [7, 11) is 0. The number of para-hydroxylation sites is 2. The summed E-state index contributed by atoms with van der Waals surface area (Å²) >= 11 is 0. The Hall–Kier alpha value is -5.34. The number of benzene rings is 6. The Kier molecular flexibility index (Phi) is 6.42. The summed E-state index contributed by atoms with van der Waals surface area (Å²) in [5, 5.41) is 0. The van der Waals surface area contributed by atoms with E-state index >= 15 is 0 Å². The van der Waals surface area contributed by atoms with Crippen LogP contribution in [0.4, 0.5) is 11.4 Å². The fraction of sp³-hybridized carbons (Fsp3) is 0.0952. The van der Waals surface area contributed by atoms with E-state index in [-0.39, 0.29) is 11.8 Å². The highest BCUT2D eigenvalue weighted by Gasteiger charge is 2.36. The lowest BCUT2D eigenvalue weighted by molar-refractivity contribution is 1.02. The average molecular weight is 565 g/mol. The number of nitrogens with zero attached hydrogens (tertiary/aromatic N) is 2. The van der Waals surface area contributed by atoms with Crippen molar-refractivity contribution in [2.24, 2.45) is 9.98 Å². The van der Waals surface area contributed by atoms with Crippen molar-refractivity contribution in [3.8, 4) is 22.3 Å². The van der Waals surface area contributed by atoms with Gasteiger partial charge in [0.1, 0.15) is 0 Å². The second-order valence-electron chi connectivity index (χ2n) is 11.8. The zero-order chi connectivity index (χ0) is 29.6. The van der Waals surface area contributed by atoms with Crippen molar-refractivity contribution in [3.05, 3.63) is 179 Å². The monoisotopic (exact) mass is 564 g/mol. The van der Waals surface area contributed by atoms with Crippen LogP contribution in [-0.2, 0) is 0 Å². The molecule has 1 aliphatic carbocycles. The van der Waals surface area contributed by atoms with Gasteiger partial charge in [-0.15, -0.1) is 0 Å². The summed E-state index contributed by atoms with van der Waals surface area (Å²) in [5.41, 5.74) is 16.7. The van der Waals surface area contributed by atoms with E-state index in [1.807, 2.05) is 0 Å². The van der Waals surface area contributed by atoms with Gasteiger partial charge in [0.15, 0.2) is 0 Å². The molecule has 0 spiro atoms. The Bertz CT molecular complexity index is 2080. The highest BCUT2D eigenvalue weighted by atomic mass is 14.8. The second kappa shape index (κ2) is 10.7. The molecule has 0 saturated carbocycles. The SMILES string of the molecule is Cc1ccccc1N=C(c1ccc(-c2ccc3c(c2)C2=Nc4ccccc4C2c2ccccc2-3)cc1)[C@H](C)c1ccccc1. The number of hydrogen-bond acceptors (Lipinski definition) is 2. The molecule has 2 atom stereocenters. The summed E-state index contributed by atoms with van der Waals surface area (Å²) in [5.74, 6) is 0.316. The van der Waals surface area contributed by atoms with Gasteiger partial charge in [-0.1, -0.05) is 134 Å². The van der Waals surface area contributed by atoms with Crippen molar-refractivity contribution in [1.82, 2.24) is 0 Å². The van der Waals surface area contributed by atoms with Crippen LogP contribution in [-0.4, -0.2) is 11.4 Å². The van der Waals surface area contributed by atoms with Gasteiger partial charge in [-0.05, 0) is 75.2 Å². The van der Waals surface area contributed by atoms with Gasteiger partial charge in [-0.25, -0.2) is 0 Å². The molecule has 0 radical (unpaired) electrons. The molecule has 0 bridgehead atoms. The fourth-order valence-corrected chi connectivity index (χ4v) is 6.83. The van der Waals surface area contributed by atoms with E-state index in [1.54, 1.807) is 0 Å². The first-order valence-corrected chi connectivity index (χ1v) is 15.4.